The molecule has 1 heteroatoms. The molecule has 1 aliphatic rings. The summed E-state index contributed by atoms with van der Waals surface area (Å²) in [5, 5.41) is 0. The molecule has 0 amide bonds. The Bertz CT molecular complexity index is 1300. The topological polar surface area (TPSA) is 4.93 Å². The molecule has 4 rings (SSSR count). The fourth-order valence-corrected chi connectivity index (χ4v) is 5.38. The van der Waals surface area contributed by atoms with Crippen molar-refractivity contribution < 1.29 is 0 Å². The molecule has 34 heavy (non-hydrogen) atoms. The van der Waals surface area contributed by atoms with Gasteiger partial charge in [-0.1, -0.05) is 83.4 Å². The zero-order chi connectivity index (χ0) is 24.6. The number of fused-ring (bicyclic) bond motifs is 3. The van der Waals surface area contributed by atoms with E-state index in [2.05, 4.69) is 114 Å². The quantitative estimate of drug-likeness (QED) is 0.340. The third kappa shape index (κ3) is 3.55. The molecule has 0 unspecified atom stereocenters. The van der Waals surface area contributed by atoms with Crippen LogP contribution in [0.3, 0.4) is 0 Å². The summed E-state index contributed by atoms with van der Waals surface area (Å²) in [6, 6.07) is 11.4. The van der Waals surface area contributed by atoms with Gasteiger partial charge >= 0.3 is 0 Å². The van der Waals surface area contributed by atoms with Gasteiger partial charge in [0.2, 0.25) is 0 Å². The summed E-state index contributed by atoms with van der Waals surface area (Å²) in [4.78, 5) is 0. The van der Waals surface area contributed by atoms with Crippen LogP contribution in [0.2, 0.25) is 0 Å². The smallest absolute Gasteiger partial charge is 0.0491 e. The second kappa shape index (κ2) is 9.14. The fourth-order valence-electron chi connectivity index (χ4n) is 5.38. The summed E-state index contributed by atoms with van der Waals surface area (Å²) in [6.45, 7) is 21.7. The molecule has 0 bridgehead atoms. The summed E-state index contributed by atoms with van der Waals surface area (Å²) < 4.78 is 2.44. The summed E-state index contributed by atoms with van der Waals surface area (Å²) in [5.41, 5.74) is 14.0. The van der Waals surface area contributed by atoms with E-state index < -0.39 is 0 Å². The monoisotopic (exact) mass is 447 g/mol. The highest BCUT2D eigenvalue weighted by Crippen LogP contribution is 2.51. The number of hydrogen-bond donors (Lipinski definition) is 0. The summed E-state index contributed by atoms with van der Waals surface area (Å²) in [5.74, 6) is 0. The molecule has 2 aromatic carbocycles. The first kappa shape index (κ1) is 23.8. The van der Waals surface area contributed by atoms with Crippen LogP contribution >= 0.6 is 0 Å². The first-order valence-electron chi connectivity index (χ1n) is 12.4. The predicted molar refractivity (Wildman–Crippen MR) is 152 cm³/mol. The van der Waals surface area contributed by atoms with Crippen molar-refractivity contribution in [2.24, 2.45) is 0 Å². The molecule has 174 valence electrons. The van der Waals surface area contributed by atoms with Gasteiger partial charge in [0.25, 0.3) is 0 Å². The normalized spacial score (nSPS) is 14.1. The molecule has 0 aliphatic heterocycles. The van der Waals surface area contributed by atoms with E-state index >= 15 is 0 Å². The zero-order valence-electron chi connectivity index (χ0n) is 21.6. The minimum Gasteiger partial charge on any atom is -0.310 e. The Balaban J connectivity index is 2.01. The van der Waals surface area contributed by atoms with E-state index in [1.165, 1.54) is 56.0 Å². The van der Waals surface area contributed by atoms with Gasteiger partial charge in [0.15, 0.2) is 0 Å². The number of nitrogens with zero attached hydrogens (tertiary/aromatic N) is 1. The Morgan fingerprint density at radius 2 is 1.44 bits per heavy atom. The lowest BCUT2D eigenvalue weighted by atomic mass is 9.81. The Morgan fingerprint density at radius 1 is 0.824 bits per heavy atom. The Kier molecular flexibility index (Phi) is 6.41. The lowest BCUT2D eigenvalue weighted by Crippen LogP contribution is -2.15. The molecule has 0 spiro atoms. The molecular weight excluding hydrogens is 410 g/mol. The molecule has 0 radical (unpaired) electrons. The highest BCUT2D eigenvalue weighted by atomic mass is 15.0. The van der Waals surface area contributed by atoms with Gasteiger partial charge in [-0.25, -0.2) is 0 Å². The van der Waals surface area contributed by atoms with Crippen molar-refractivity contribution in [3.63, 3.8) is 0 Å². The molecule has 0 saturated carbocycles. The lowest BCUT2D eigenvalue weighted by Gasteiger charge is -2.23. The van der Waals surface area contributed by atoms with Gasteiger partial charge in [-0.3, -0.25) is 0 Å². The maximum Gasteiger partial charge on any atom is 0.0491 e. The third-order valence-electron chi connectivity index (χ3n) is 7.42. The first-order chi connectivity index (χ1) is 16.3. The van der Waals surface area contributed by atoms with E-state index in [9.17, 15) is 0 Å². The second-order valence-corrected chi connectivity index (χ2v) is 9.73. The molecule has 0 atom stereocenters. The van der Waals surface area contributed by atoms with Gasteiger partial charge in [-0.05, 0) is 95.5 Å². The van der Waals surface area contributed by atoms with Crippen molar-refractivity contribution in [1.82, 2.24) is 4.57 Å². The SMILES string of the molecule is C=Cc1ccc2c(c1C=C)-c1ccc(-n3c(/C=C\CC)c(C)c(C)c3/C=C\CC)cc1C2(C)C. The molecule has 1 aliphatic carbocycles. The molecule has 0 fully saturated rings. The number of aromatic nitrogens is 1. The van der Waals surface area contributed by atoms with Crippen molar-refractivity contribution >= 4 is 24.3 Å². The van der Waals surface area contributed by atoms with Crippen molar-refractivity contribution in [1.29, 1.82) is 0 Å². The molecule has 3 aromatic rings. The number of allylic oxidation sites excluding steroid dienone is 2. The number of hydrogen-bond acceptors (Lipinski definition) is 0. The van der Waals surface area contributed by atoms with Crippen molar-refractivity contribution in [3.05, 3.63) is 100 Å². The van der Waals surface area contributed by atoms with E-state index in [1.54, 1.807) is 0 Å². The van der Waals surface area contributed by atoms with Crippen molar-refractivity contribution in [2.75, 3.05) is 0 Å². The lowest BCUT2D eigenvalue weighted by molar-refractivity contribution is 0.659. The molecule has 0 N–H and O–H groups in total. The van der Waals surface area contributed by atoms with Crippen LogP contribution in [-0.2, 0) is 5.41 Å². The number of benzene rings is 2. The zero-order valence-corrected chi connectivity index (χ0v) is 21.6. The van der Waals surface area contributed by atoms with E-state index in [-0.39, 0.29) is 5.41 Å². The van der Waals surface area contributed by atoms with Gasteiger partial charge in [-0.15, -0.1) is 0 Å². The standard InChI is InChI=1S/C33H37N/c1-9-13-15-30-22(5)23(6)31(16-14-10-2)34(30)25-18-19-27-29(21-25)33(7,8)28-20-17-24(11-3)26(12-4)32(27)28/h11-21H,3-4,9-10H2,1-2,5-8H3/b15-13-,16-14-. The van der Waals surface area contributed by atoms with Crippen LogP contribution in [0.25, 0.3) is 41.1 Å². The van der Waals surface area contributed by atoms with Crippen LogP contribution in [0.1, 0.15) is 85.3 Å². The van der Waals surface area contributed by atoms with Crippen LogP contribution < -0.4 is 0 Å². The third-order valence-corrected chi connectivity index (χ3v) is 7.42. The minimum absolute atomic E-state index is 0.0891. The van der Waals surface area contributed by atoms with Gasteiger partial charge in [0, 0.05) is 22.5 Å². The molecule has 1 aromatic heterocycles. The van der Waals surface area contributed by atoms with Crippen molar-refractivity contribution in [3.8, 4) is 16.8 Å². The number of rotatable bonds is 7. The van der Waals surface area contributed by atoms with Gasteiger partial charge < -0.3 is 4.57 Å². The minimum atomic E-state index is -0.0891. The van der Waals surface area contributed by atoms with Gasteiger partial charge in [-0.2, -0.15) is 0 Å². The van der Waals surface area contributed by atoms with Crippen LogP contribution in [0, 0.1) is 13.8 Å². The Morgan fingerprint density at radius 3 is 1.97 bits per heavy atom. The van der Waals surface area contributed by atoms with Crippen LogP contribution in [0.4, 0.5) is 0 Å². The average molecular weight is 448 g/mol. The summed E-state index contributed by atoms with van der Waals surface area (Å²) in [7, 11) is 0. The second-order valence-electron chi connectivity index (χ2n) is 9.73. The maximum atomic E-state index is 4.13. The fraction of sp³-hybridized carbons (Fsp3) is 0.273. The molecule has 0 saturated heterocycles. The largest absolute Gasteiger partial charge is 0.310 e. The molecule has 1 heterocycles. The van der Waals surface area contributed by atoms with Crippen LogP contribution in [0.5, 0.6) is 0 Å². The van der Waals surface area contributed by atoms with Gasteiger partial charge in [0.05, 0.1) is 0 Å². The van der Waals surface area contributed by atoms with E-state index in [0.717, 1.165) is 18.4 Å². The van der Waals surface area contributed by atoms with E-state index in [1.807, 2.05) is 12.2 Å². The Hall–Kier alpha value is -3.32. The van der Waals surface area contributed by atoms with E-state index in [4.69, 9.17) is 0 Å². The van der Waals surface area contributed by atoms with E-state index in [0.29, 0.717) is 0 Å². The summed E-state index contributed by atoms with van der Waals surface area (Å²) >= 11 is 0. The Labute approximate surface area is 205 Å². The molecule has 1 nitrogen and oxygen atoms in total. The first-order valence-corrected chi connectivity index (χ1v) is 12.4. The van der Waals surface area contributed by atoms with Crippen LogP contribution in [-0.4, -0.2) is 4.57 Å². The highest BCUT2D eigenvalue weighted by molar-refractivity contribution is 5.90. The van der Waals surface area contributed by atoms with Crippen molar-refractivity contribution in [2.45, 2.75) is 59.8 Å². The average Bonchev–Trinajstić information content (AvgIpc) is 3.22. The predicted octanol–water partition coefficient (Wildman–Crippen LogP) is 9.53. The molecular formula is C33H37N. The summed E-state index contributed by atoms with van der Waals surface area (Å²) in [6.07, 6.45) is 15.0. The van der Waals surface area contributed by atoms with Gasteiger partial charge in [0.1, 0.15) is 0 Å². The maximum absolute atomic E-state index is 4.13. The van der Waals surface area contributed by atoms with Crippen LogP contribution in [0.15, 0.2) is 55.6 Å². The highest BCUT2D eigenvalue weighted by Gasteiger charge is 2.37.